The Hall–Kier alpha value is -4.11. The highest BCUT2D eigenvalue weighted by Gasteiger charge is 2.35. The summed E-state index contributed by atoms with van der Waals surface area (Å²) in [5, 5.41) is 2.91. The monoisotopic (exact) mass is 411 g/mol. The zero-order valence-corrected chi connectivity index (χ0v) is 17.0. The molecule has 2 aromatic carbocycles. The van der Waals surface area contributed by atoms with E-state index in [1.165, 1.54) is 0 Å². The molecule has 0 aliphatic carbocycles. The molecule has 0 radical (unpaired) electrons. The van der Waals surface area contributed by atoms with E-state index in [0.29, 0.717) is 17.9 Å². The van der Waals surface area contributed by atoms with Crippen molar-refractivity contribution in [3.8, 4) is 17.6 Å². The second kappa shape index (κ2) is 9.14. The van der Waals surface area contributed by atoms with Crippen molar-refractivity contribution in [3.05, 3.63) is 84.2 Å². The topological polar surface area (TPSA) is 71.5 Å². The number of amides is 2. The van der Waals surface area contributed by atoms with Crippen LogP contribution in [-0.4, -0.2) is 30.5 Å². The van der Waals surface area contributed by atoms with Crippen LogP contribution in [0.2, 0.25) is 0 Å². The van der Waals surface area contributed by atoms with E-state index in [9.17, 15) is 9.59 Å². The summed E-state index contributed by atoms with van der Waals surface area (Å²) in [6, 6.07) is 20.1. The normalized spacial score (nSPS) is 15.2. The van der Waals surface area contributed by atoms with Gasteiger partial charge in [0.05, 0.1) is 13.0 Å². The van der Waals surface area contributed by atoms with E-state index < -0.39 is 5.92 Å². The molecule has 0 bridgehead atoms. The highest BCUT2D eigenvalue weighted by molar-refractivity contribution is 6.03. The first kappa shape index (κ1) is 20.2. The first-order valence-electron chi connectivity index (χ1n) is 9.91. The molecule has 1 atom stereocenters. The van der Waals surface area contributed by atoms with Crippen LogP contribution in [0.4, 0.5) is 11.4 Å². The zero-order chi connectivity index (χ0) is 21.6. The Balaban J connectivity index is 1.41. The van der Waals surface area contributed by atoms with Crippen molar-refractivity contribution in [2.75, 3.05) is 23.9 Å². The van der Waals surface area contributed by atoms with E-state index in [1.807, 2.05) is 54.6 Å². The maximum atomic E-state index is 12.8. The molecule has 4 rings (SSSR count). The van der Waals surface area contributed by atoms with Gasteiger partial charge in [-0.15, -0.1) is 0 Å². The lowest BCUT2D eigenvalue weighted by Gasteiger charge is -2.17. The van der Waals surface area contributed by atoms with Crippen LogP contribution in [0.1, 0.15) is 17.7 Å². The second-order valence-electron chi connectivity index (χ2n) is 7.14. The van der Waals surface area contributed by atoms with Gasteiger partial charge in [-0.2, -0.15) is 0 Å². The Morgan fingerprint density at radius 1 is 1.10 bits per heavy atom. The van der Waals surface area contributed by atoms with Gasteiger partial charge in [-0.25, -0.2) is 4.98 Å². The number of nitrogens with one attached hydrogen (secondary N) is 1. The van der Waals surface area contributed by atoms with Crippen molar-refractivity contribution in [3.63, 3.8) is 0 Å². The van der Waals surface area contributed by atoms with Gasteiger partial charge in [-0.1, -0.05) is 18.1 Å². The Morgan fingerprint density at radius 2 is 1.94 bits per heavy atom. The van der Waals surface area contributed by atoms with Gasteiger partial charge in [0.15, 0.2) is 0 Å². The molecule has 1 saturated heterocycles. The van der Waals surface area contributed by atoms with Crippen LogP contribution >= 0.6 is 0 Å². The Morgan fingerprint density at radius 3 is 2.68 bits per heavy atom. The maximum absolute atomic E-state index is 12.8. The summed E-state index contributed by atoms with van der Waals surface area (Å²) >= 11 is 0. The summed E-state index contributed by atoms with van der Waals surface area (Å²) in [5.74, 6) is 6.10. The standard InChI is InChI=1S/C25H21N3O3/c1-31-23-12-10-22(11-13-23)28-17-19(16-24(28)29)25(30)27-21-7-4-5-18(15-21)8-9-20-6-2-3-14-26-20/h2-7,10-15,19H,16-17H2,1H3,(H,27,30). The van der Waals surface area contributed by atoms with Gasteiger partial charge in [0.1, 0.15) is 11.4 Å². The van der Waals surface area contributed by atoms with Gasteiger partial charge in [-0.05, 0) is 60.5 Å². The minimum absolute atomic E-state index is 0.0692. The van der Waals surface area contributed by atoms with Crippen molar-refractivity contribution >= 4 is 23.2 Å². The van der Waals surface area contributed by atoms with E-state index in [1.54, 1.807) is 30.3 Å². The van der Waals surface area contributed by atoms with Crippen LogP contribution in [0.5, 0.6) is 5.75 Å². The van der Waals surface area contributed by atoms with Crippen molar-refractivity contribution < 1.29 is 14.3 Å². The summed E-state index contributed by atoms with van der Waals surface area (Å²) < 4.78 is 5.16. The molecule has 1 unspecified atom stereocenters. The van der Waals surface area contributed by atoms with Crippen LogP contribution in [0.25, 0.3) is 0 Å². The average molecular weight is 411 g/mol. The largest absolute Gasteiger partial charge is 0.497 e. The van der Waals surface area contributed by atoms with Crippen molar-refractivity contribution in [2.45, 2.75) is 6.42 Å². The van der Waals surface area contributed by atoms with Gasteiger partial charge >= 0.3 is 0 Å². The number of methoxy groups -OCH3 is 1. The van der Waals surface area contributed by atoms with Gasteiger partial charge in [0.2, 0.25) is 11.8 Å². The zero-order valence-electron chi connectivity index (χ0n) is 17.0. The van der Waals surface area contributed by atoms with Crippen molar-refractivity contribution in [1.82, 2.24) is 4.98 Å². The van der Waals surface area contributed by atoms with Gasteiger partial charge in [0, 0.05) is 36.1 Å². The highest BCUT2D eigenvalue weighted by Crippen LogP contribution is 2.27. The van der Waals surface area contributed by atoms with Crippen molar-refractivity contribution in [2.24, 2.45) is 5.92 Å². The Labute approximate surface area is 180 Å². The van der Waals surface area contributed by atoms with Crippen LogP contribution in [0.3, 0.4) is 0 Å². The molecule has 1 N–H and O–H groups in total. The number of rotatable bonds is 4. The third-order valence-corrected chi connectivity index (χ3v) is 5.01. The Bertz CT molecular complexity index is 1150. The van der Waals surface area contributed by atoms with Crippen LogP contribution in [-0.2, 0) is 9.59 Å². The average Bonchev–Trinajstić information content (AvgIpc) is 3.20. The summed E-state index contributed by atoms with van der Waals surface area (Å²) in [6.45, 7) is 0.343. The van der Waals surface area contributed by atoms with E-state index in [2.05, 4.69) is 22.1 Å². The molecule has 3 aromatic rings. The molecule has 0 saturated carbocycles. The first-order chi connectivity index (χ1) is 15.1. The van der Waals surface area contributed by atoms with E-state index >= 15 is 0 Å². The number of carbonyl (C=O) groups excluding carboxylic acids is 2. The number of nitrogens with zero attached hydrogens (tertiary/aromatic N) is 2. The number of carbonyl (C=O) groups is 2. The summed E-state index contributed by atoms with van der Waals surface area (Å²) in [5.41, 5.74) is 2.85. The minimum Gasteiger partial charge on any atom is -0.497 e. The maximum Gasteiger partial charge on any atom is 0.229 e. The van der Waals surface area contributed by atoms with Crippen LogP contribution < -0.4 is 15.0 Å². The number of hydrogen-bond donors (Lipinski definition) is 1. The third-order valence-electron chi connectivity index (χ3n) is 5.01. The molecule has 1 aliphatic rings. The predicted octanol–water partition coefficient (Wildman–Crippen LogP) is 3.48. The van der Waals surface area contributed by atoms with Crippen LogP contribution in [0, 0.1) is 17.8 Å². The molecule has 154 valence electrons. The molecule has 6 heteroatoms. The lowest BCUT2D eigenvalue weighted by atomic mass is 10.1. The molecule has 31 heavy (non-hydrogen) atoms. The summed E-state index contributed by atoms with van der Waals surface area (Å²) in [4.78, 5) is 31.0. The van der Waals surface area contributed by atoms with Crippen LogP contribution in [0.15, 0.2) is 72.9 Å². The molecule has 2 amide bonds. The molecule has 2 heterocycles. The fourth-order valence-corrected chi connectivity index (χ4v) is 3.39. The summed E-state index contributed by atoms with van der Waals surface area (Å²) in [7, 11) is 1.59. The minimum atomic E-state index is -0.419. The lowest BCUT2D eigenvalue weighted by Crippen LogP contribution is -2.28. The lowest BCUT2D eigenvalue weighted by molar-refractivity contribution is -0.122. The molecule has 6 nitrogen and oxygen atoms in total. The molecular formula is C25H21N3O3. The number of pyridine rings is 1. The van der Waals surface area contributed by atoms with Gasteiger partial charge < -0.3 is 15.0 Å². The number of anilines is 2. The number of ether oxygens (including phenoxy) is 1. The van der Waals surface area contributed by atoms with E-state index in [0.717, 1.165) is 17.0 Å². The number of hydrogen-bond acceptors (Lipinski definition) is 4. The third kappa shape index (κ3) is 4.90. The van der Waals surface area contributed by atoms with Crippen molar-refractivity contribution in [1.29, 1.82) is 0 Å². The van der Waals surface area contributed by atoms with E-state index in [-0.39, 0.29) is 18.2 Å². The number of aromatic nitrogens is 1. The molecular weight excluding hydrogens is 390 g/mol. The van der Waals surface area contributed by atoms with Gasteiger partial charge in [-0.3, -0.25) is 9.59 Å². The van der Waals surface area contributed by atoms with E-state index in [4.69, 9.17) is 4.74 Å². The predicted molar refractivity (Wildman–Crippen MR) is 119 cm³/mol. The fourth-order valence-electron chi connectivity index (χ4n) is 3.39. The SMILES string of the molecule is COc1ccc(N2CC(C(=O)Nc3cccc(C#Cc4ccccn4)c3)CC2=O)cc1. The second-order valence-corrected chi connectivity index (χ2v) is 7.14. The molecule has 1 aromatic heterocycles. The quantitative estimate of drug-likeness (QED) is 0.668. The highest BCUT2D eigenvalue weighted by atomic mass is 16.5. The van der Waals surface area contributed by atoms with Gasteiger partial charge in [0.25, 0.3) is 0 Å². The fraction of sp³-hybridized carbons (Fsp3) is 0.160. The number of benzene rings is 2. The summed E-state index contributed by atoms with van der Waals surface area (Å²) in [6.07, 6.45) is 1.87. The molecule has 1 aliphatic heterocycles. The Kier molecular flexibility index (Phi) is 5.95. The molecule has 1 fully saturated rings. The smallest absolute Gasteiger partial charge is 0.229 e. The molecule has 0 spiro atoms. The first-order valence-corrected chi connectivity index (χ1v) is 9.91.